The maximum Gasteiger partial charge on any atom is 0.255 e. The number of halogens is 1. The number of anilines is 2. The Morgan fingerprint density at radius 1 is 1.24 bits per heavy atom. The molecule has 2 aliphatic rings. The van der Waals surface area contributed by atoms with Crippen LogP contribution in [0.25, 0.3) is 0 Å². The molecule has 2 atom stereocenters. The molecule has 0 radical (unpaired) electrons. The van der Waals surface area contributed by atoms with Gasteiger partial charge in [-0.05, 0) is 61.2 Å². The van der Waals surface area contributed by atoms with E-state index in [1.807, 2.05) is 0 Å². The van der Waals surface area contributed by atoms with Crippen LogP contribution < -0.4 is 20.3 Å². The number of ether oxygens (including phenoxy) is 1. The number of hydrogen-bond acceptors (Lipinski definition) is 4. The highest BCUT2D eigenvalue weighted by Gasteiger charge is 2.38. The third-order valence-corrected chi connectivity index (χ3v) is 5.84. The van der Waals surface area contributed by atoms with Crippen molar-refractivity contribution in [2.75, 3.05) is 36.5 Å². The quantitative estimate of drug-likeness (QED) is 0.692. The third-order valence-electron chi connectivity index (χ3n) is 5.84. The Bertz CT molecular complexity index is 856. The summed E-state index contributed by atoms with van der Waals surface area (Å²) in [7, 11) is 0. The van der Waals surface area contributed by atoms with Crippen LogP contribution in [0.4, 0.5) is 15.8 Å². The Balaban J connectivity index is 1.39. The molecule has 2 N–H and O–H groups in total. The number of carbonyl (C=O) groups is 1. The van der Waals surface area contributed by atoms with E-state index in [9.17, 15) is 9.18 Å². The van der Waals surface area contributed by atoms with Crippen molar-refractivity contribution in [3.63, 3.8) is 0 Å². The summed E-state index contributed by atoms with van der Waals surface area (Å²) in [5.74, 6) is 0.784. The molecule has 2 aromatic carbocycles. The summed E-state index contributed by atoms with van der Waals surface area (Å²) < 4.78 is 20.4. The summed E-state index contributed by atoms with van der Waals surface area (Å²) in [6, 6.07) is 12.3. The second-order valence-corrected chi connectivity index (χ2v) is 7.81. The number of benzene rings is 2. The van der Waals surface area contributed by atoms with Gasteiger partial charge in [-0.2, -0.15) is 0 Å². The van der Waals surface area contributed by atoms with Gasteiger partial charge in [-0.1, -0.05) is 13.3 Å². The van der Waals surface area contributed by atoms with Crippen molar-refractivity contribution < 1.29 is 13.9 Å². The highest BCUT2D eigenvalue weighted by atomic mass is 19.1. The summed E-state index contributed by atoms with van der Waals surface area (Å²) in [4.78, 5) is 14.7. The zero-order valence-electron chi connectivity index (χ0n) is 16.8. The topological polar surface area (TPSA) is 53.6 Å². The zero-order chi connectivity index (χ0) is 20.2. The zero-order valence-corrected chi connectivity index (χ0v) is 16.8. The number of fused-ring (bicyclic) bond motifs is 1. The van der Waals surface area contributed by atoms with Gasteiger partial charge in [-0.15, -0.1) is 0 Å². The fourth-order valence-electron chi connectivity index (χ4n) is 4.21. The Morgan fingerprint density at radius 3 is 2.83 bits per heavy atom. The molecule has 2 aromatic rings. The van der Waals surface area contributed by atoms with Crippen LogP contribution in [0.2, 0.25) is 0 Å². The predicted molar refractivity (Wildman–Crippen MR) is 113 cm³/mol. The molecular weight excluding hydrogens is 369 g/mol. The molecule has 2 heterocycles. The minimum atomic E-state index is -0.296. The first-order valence-corrected chi connectivity index (χ1v) is 10.5. The third kappa shape index (κ3) is 4.37. The minimum absolute atomic E-state index is 0.265. The van der Waals surface area contributed by atoms with E-state index in [2.05, 4.69) is 22.5 Å². The van der Waals surface area contributed by atoms with Crippen LogP contribution in [-0.2, 0) is 0 Å². The first-order chi connectivity index (χ1) is 14.2. The van der Waals surface area contributed by atoms with Crippen LogP contribution >= 0.6 is 0 Å². The lowest BCUT2D eigenvalue weighted by molar-refractivity contribution is 0.102. The molecule has 0 aromatic heterocycles. The van der Waals surface area contributed by atoms with Gasteiger partial charge in [0.15, 0.2) is 0 Å². The fourth-order valence-corrected chi connectivity index (χ4v) is 4.21. The maximum absolute atomic E-state index is 14.8. The fraction of sp³-hybridized carbons (Fsp3) is 0.435. The Kier molecular flexibility index (Phi) is 6.00. The van der Waals surface area contributed by atoms with Crippen LogP contribution in [0.1, 0.15) is 36.5 Å². The number of nitrogens with one attached hydrogen (secondary N) is 2. The lowest BCUT2D eigenvalue weighted by Gasteiger charge is -2.26. The normalized spacial score (nSPS) is 20.6. The van der Waals surface area contributed by atoms with Gasteiger partial charge in [0.1, 0.15) is 11.6 Å². The molecule has 0 aliphatic carbocycles. The SMILES string of the molecule is CCCCOc1ccc(C(=O)Nc2ccc(N3CC[C@@H]4CNC[C@@H]43)c(F)c2)cc1. The van der Waals surface area contributed by atoms with E-state index in [4.69, 9.17) is 4.74 Å². The Morgan fingerprint density at radius 2 is 2.07 bits per heavy atom. The average Bonchev–Trinajstić information content (AvgIpc) is 3.33. The van der Waals surface area contributed by atoms with Crippen LogP contribution in [-0.4, -0.2) is 38.2 Å². The molecule has 4 rings (SSSR count). The molecule has 1 amide bonds. The van der Waals surface area contributed by atoms with Crippen LogP contribution in [0.15, 0.2) is 42.5 Å². The van der Waals surface area contributed by atoms with Crippen molar-refractivity contribution >= 4 is 17.3 Å². The first-order valence-electron chi connectivity index (χ1n) is 10.5. The number of rotatable bonds is 7. The standard InChI is InChI=1S/C23H28FN3O2/c1-2-3-12-29-19-7-4-16(5-8-19)23(28)26-18-6-9-21(20(24)13-18)27-11-10-17-14-25-15-22(17)27/h4-9,13,17,22,25H,2-3,10-12,14-15H2,1H3,(H,26,28)/t17-,22+/m1/s1. The van der Waals surface area contributed by atoms with Gasteiger partial charge in [0.25, 0.3) is 5.91 Å². The van der Waals surface area contributed by atoms with Gasteiger partial charge in [-0.3, -0.25) is 4.79 Å². The first kappa shape index (κ1) is 19.7. The van der Waals surface area contributed by atoms with Crippen LogP contribution in [0.5, 0.6) is 5.75 Å². The second kappa shape index (κ2) is 8.82. The molecule has 0 unspecified atom stereocenters. The lowest BCUT2D eigenvalue weighted by Crippen LogP contribution is -2.34. The van der Waals surface area contributed by atoms with Crippen molar-refractivity contribution in [1.29, 1.82) is 0 Å². The van der Waals surface area contributed by atoms with Gasteiger partial charge in [0.05, 0.1) is 12.3 Å². The van der Waals surface area contributed by atoms with Gasteiger partial charge < -0.3 is 20.3 Å². The number of nitrogens with zero attached hydrogens (tertiary/aromatic N) is 1. The molecule has 29 heavy (non-hydrogen) atoms. The van der Waals surface area contributed by atoms with Gasteiger partial charge in [-0.25, -0.2) is 4.39 Å². The van der Waals surface area contributed by atoms with Crippen LogP contribution in [0, 0.1) is 11.7 Å². The number of carbonyl (C=O) groups excluding carboxylic acids is 1. The molecule has 5 nitrogen and oxygen atoms in total. The number of hydrogen-bond donors (Lipinski definition) is 2. The molecular formula is C23H28FN3O2. The van der Waals surface area contributed by atoms with Crippen molar-refractivity contribution in [3.05, 3.63) is 53.8 Å². The van der Waals surface area contributed by atoms with Crippen molar-refractivity contribution in [2.24, 2.45) is 5.92 Å². The monoisotopic (exact) mass is 397 g/mol. The molecule has 2 aliphatic heterocycles. The summed E-state index contributed by atoms with van der Waals surface area (Å²) in [5.41, 5.74) is 1.59. The molecule has 2 saturated heterocycles. The summed E-state index contributed by atoms with van der Waals surface area (Å²) in [5, 5.41) is 6.17. The largest absolute Gasteiger partial charge is 0.494 e. The predicted octanol–water partition coefficient (Wildman–Crippen LogP) is 4.06. The minimum Gasteiger partial charge on any atom is -0.494 e. The summed E-state index contributed by atoms with van der Waals surface area (Å²) in [6.07, 6.45) is 3.17. The lowest BCUT2D eigenvalue weighted by atomic mass is 10.0. The maximum atomic E-state index is 14.8. The molecule has 0 saturated carbocycles. The van der Waals surface area contributed by atoms with E-state index in [1.54, 1.807) is 36.4 Å². The Hall–Kier alpha value is -2.60. The molecule has 0 spiro atoms. The van der Waals surface area contributed by atoms with E-state index < -0.39 is 0 Å². The van der Waals surface area contributed by atoms with Crippen molar-refractivity contribution in [2.45, 2.75) is 32.2 Å². The summed E-state index contributed by atoms with van der Waals surface area (Å²) >= 11 is 0. The smallest absolute Gasteiger partial charge is 0.255 e. The van der Waals surface area contributed by atoms with Crippen molar-refractivity contribution in [3.8, 4) is 5.75 Å². The van der Waals surface area contributed by atoms with E-state index in [-0.39, 0.29) is 11.7 Å². The molecule has 0 bridgehead atoms. The van der Waals surface area contributed by atoms with Gasteiger partial charge in [0.2, 0.25) is 0 Å². The second-order valence-electron chi connectivity index (χ2n) is 7.81. The van der Waals surface area contributed by atoms with E-state index >= 15 is 0 Å². The van der Waals surface area contributed by atoms with Crippen molar-refractivity contribution in [1.82, 2.24) is 5.32 Å². The molecule has 2 fully saturated rings. The average molecular weight is 397 g/mol. The molecule has 154 valence electrons. The van der Waals surface area contributed by atoms with Crippen LogP contribution in [0.3, 0.4) is 0 Å². The van der Waals surface area contributed by atoms with E-state index in [0.717, 1.165) is 44.6 Å². The van der Waals surface area contributed by atoms with Gasteiger partial charge in [0, 0.05) is 36.9 Å². The highest BCUT2D eigenvalue weighted by molar-refractivity contribution is 6.04. The highest BCUT2D eigenvalue weighted by Crippen LogP contribution is 2.34. The van der Waals surface area contributed by atoms with E-state index in [0.29, 0.717) is 35.5 Å². The summed E-state index contributed by atoms with van der Waals surface area (Å²) in [6.45, 7) is 5.58. The number of amides is 1. The molecule has 6 heteroatoms. The van der Waals surface area contributed by atoms with Gasteiger partial charge >= 0.3 is 0 Å². The van der Waals surface area contributed by atoms with E-state index in [1.165, 1.54) is 6.07 Å². The Labute approximate surface area is 171 Å². The number of unbranched alkanes of at least 4 members (excludes halogenated alkanes) is 1.